The summed E-state index contributed by atoms with van der Waals surface area (Å²) in [5.74, 6) is -0.442. The number of nitrogens with one attached hydrogen (secondary N) is 1. The van der Waals surface area contributed by atoms with Gasteiger partial charge in [0.05, 0.1) is 0 Å². The van der Waals surface area contributed by atoms with E-state index in [9.17, 15) is 18.0 Å². The van der Waals surface area contributed by atoms with Crippen LogP contribution in [0.2, 0.25) is 0 Å². The maximum Gasteiger partial charge on any atom is 0.435 e. The Kier molecular flexibility index (Phi) is 4.33. The summed E-state index contributed by atoms with van der Waals surface area (Å²) in [5.41, 5.74) is -1.02. The summed E-state index contributed by atoms with van der Waals surface area (Å²) in [5, 5.41) is 5.70. The molecule has 94 valence electrons. The van der Waals surface area contributed by atoms with Gasteiger partial charge in [0.1, 0.15) is 6.54 Å². The molecule has 1 heterocycles. The Morgan fingerprint density at radius 3 is 2.71 bits per heavy atom. The first-order valence-corrected chi connectivity index (χ1v) is 5.29. The van der Waals surface area contributed by atoms with Gasteiger partial charge < -0.3 is 5.32 Å². The second-order valence-electron chi connectivity index (χ2n) is 3.19. The predicted molar refractivity (Wildman–Crippen MR) is 58.3 cm³/mol. The number of rotatable bonds is 4. The van der Waals surface area contributed by atoms with E-state index in [4.69, 9.17) is 0 Å². The van der Waals surface area contributed by atoms with E-state index in [1.165, 1.54) is 0 Å². The third-order valence-electron chi connectivity index (χ3n) is 1.71. The quantitative estimate of drug-likeness (QED) is 0.923. The molecule has 0 unspecified atom stereocenters. The highest BCUT2D eigenvalue weighted by Crippen LogP contribution is 2.27. The molecule has 0 fully saturated rings. The number of hydrogen-bond acceptors (Lipinski definition) is 2. The number of carbonyl (C=O) groups is 1. The number of amides is 1. The van der Waals surface area contributed by atoms with E-state index in [1.807, 2.05) is 0 Å². The van der Waals surface area contributed by atoms with Gasteiger partial charge in [0, 0.05) is 17.2 Å². The summed E-state index contributed by atoms with van der Waals surface area (Å²) < 4.78 is 38.1. The molecule has 0 bridgehead atoms. The summed E-state index contributed by atoms with van der Waals surface area (Å²) >= 11 is 3.04. The molecule has 0 saturated carbocycles. The zero-order valence-electron chi connectivity index (χ0n) is 8.59. The van der Waals surface area contributed by atoms with Crippen molar-refractivity contribution >= 4 is 21.8 Å². The molecule has 0 aliphatic rings. The summed E-state index contributed by atoms with van der Waals surface area (Å²) in [4.78, 5) is 11.3. The molecule has 0 aromatic carbocycles. The van der Waals surface area contributed by atoms with Gasteiger partial charge in [0.15, 0.2) is 5.69 Å². The van der Waals surface area contributed by atoms with Crippen LogP contribution in [0.1, 0.15) is 5.69 Å². The van der Waals surface area contributed by atoms with Crippen molar-refractivity contribution in [3.63, 3.8) is 0 Å². The second-order valence-corrected chi connectivity index (χ2v) is 4.31. The fraction of sp³-hybridized carbons (Fsp3) is 0.333. The molecule has 1 amide bonds. The molecule has 0 aliphatic carbocycles. The molecule has 0 radical (unpaired) electrons. The molecule has 17 heavy (non-hydrogen) atoms. The van der Waals surface area contributed by atoms with Crippen LogP contribution in [0.25, 0.3) is 0 Å². The third kappa shape index (κ3) is 4.59. The van der Waals surface area contributed by atoms with E-state index in [2.05, 4.69) is 32.9 Å². The molecule has 8 heteroatoms. The van der Waals surface area contributed by atoms with Gasteiger partial charge in [0.2, 0.25) is 5.91 Å². The summed E-state index contributed by atoms with van der Waals surface area (Å²) in [6.07, 6.45) is -3.39. The van der Waals surface area contributed by atoms with Gasteiger partial charge in [-0.2, -0.15) is 18.3 Å². The van der Waals surface area contributed by atoms with Crippen molar-refractivity contribution in [3.8, 4) is 0 Å². The monoisotopic (exact) mass is 311 g/mol. The average Bonchev–Trinajstić information content (AvgIpc) is 2.62. The number of halogens is 4. The minimum absolute atomic E-state index is 0.215. The van der Waals surface area contributed by atoms with Gasteiger partial charge in [-0.3, -0.25) is 9.48 Å². The van der Waals surface area contributed by atoms with E-state index in [0.717, 1.165) is 16.9 Å². The fourth-order valence-corrected chi connectivity index (χ4v) is 1.14. The zero-order valence-corrected chi connectivity index (χ0v) is 10.2. The van der Waals surface area contributed by atoms with Crippen molar-refractivity contribution in [1.82, 2.24) is 15.1 Å². The maximum absolute atomic E-state index is 12.2. The first kappa shape index (κ1) is 13.8. The lowest BCUT2D eigenvalue weighted by Crippen LogP contribution is -2.28. The molecule has 0 atom stereocenters. The van der Waals surface area contributed by atoms with Crippen LogP contribution in [0.4, 0.5) is 13.2 Å². The van der Waals surface area contributed by atoms with Gasteiger partial charge in [-0.1, -0.05) is 22.5 Å². The van der Waals surface area contributed by atoms with Crippen molar-refractivity contribution in [3.05, 3.63) is 29.0 Å². The second kappa shape index (κ2) is 5.35. The SMILES string of the molecule is C=C(Br)CNC(=O)Cn1ccc(C(F)(F)F)n1. The molecule has 1 aromatic heterocycles. The number of hydrogen-bond donors (Lipinski definition) is 1. The summed E-state index contributed by atoms with van der Waals surface area (Å²) in [6.45, 7) is 3.45. The van der Waals surface area contributed by atoms with Gasteiger partial charge in [0.25, 0.3) is 0 Å². The lowest BCUT2D eigenvalue weighted by atomic mass is 10.4. The fourth-order valence-electron chi connectivity index (χ4n) is 0.998. The Labute approximate surface area is 104 Å². The Bertz CT molecular complexity index is 427. The molecule has 1 aromatic rings. The lowest BCUT2D eigenvalue weighted by molar-refractivity contribution is -0.141. The molecular weight excluding hydrogens is 303 g/mol. The van der Waals surface area contributed by atoms with E-state index >= 15 is 0 Å². The highest BCUT2D eigenvalue weighted by molar-refractivity contribution is 9.11. The molecule has 4 nitrogen and oxygen atoms in total. The van der Waals surface area contributed by atoms with Crippen molar-refractivity contribution in [1.29, 1.82) is 0 Å². The van der Waals surface area contributed by atoms with E-state index in [-0.39, 0.29) is 13.1 Å². The van der Waals surface area contributed by atoms with Gasteiger partial charge in [-0.05, 0) is 6.07 Å². The predicted octanol–water partition coefficient (Wildman–Crippen LogP) is 1.93. The normalized spacial score (nSPS) is 11.3. The molecule has 0 saturated heterocycles. The molecule has 1 N–H and O–H groups in total. The largest absolute Gasteiger partial charge is 0.435 e. The Morgan fingerprint density at radius 2 is 2.24 bits per heavy atom. The van der Waals surface area contributed by atoms with Crippen molar-refractivity contribution < 1.29 is 18.0 Å². The van der Waals surface area contributed by atoms with Crippen LogP contribution < -0.4 is 5.32 Å². The van der Waals surface area contributed by atoms with E-state index in [0.29, 0.717) is 4.48 Å². The number of aromatic nitrogens is 2. The van der Waals surface area contributed by atoms with Crippen LogP contribution in [0, 0.1) is 0 Å². The standard InChI is InChI=1S/C9H9BrF3N3O/c1-6(10)4-14-8(17)5-16-3-2-7(15-16)9(11,12)13/h2-3H,1,4-5H2,(H,14,17). The van der Waals surface area contributed by atoms with Crippen LogP contribution in [0.3, 0.4) is 0 Å². The average molecular weight is 312 g/mol. The zero-order chi connectivity index (χ0) is 13.1. The molecule has 0 spiro atoms. The molecule has 1 rings (SSSR count). The topological polar surface area (TPSA) is 46.9 Å². The van der Waals surface area contributed by atoms with Crippen LogP contribution in [-0.2, 0) is 17.5 Å². The minimum atomic E-state index is -4.49. The third-order valence-corrected chi connectivity index (χ3v) is 1.99. The van der Waals surface area contributed by atoms with Crippen molar-refractivity contribution in [2.24, 2.45) is 0 Å². The van der Waals surface area contributed by atoms with Gasteiger partial charge >= 0.3 is 6.18 Å². The first-order chi connectivity index (χ1) is 7.79. The lowest BCUT2D eigenvalue weighted by Gasteiger charge is -2.04. The minimum Gasteiger partial charge on any atom is -0.350 e. The Hall–Kier alpha value is -1.31. The van der Waals surface area contributed by atoms with Crippen LogP contribution in [-0.4, -0.2) is 22.2 Å². The smallest absolute Gasteiger partial charge is 0.350 e. The number of carbonyl (C=O) groups excluding carboxylic acids is 1. The molecule has 0 aliphatic heterocycles. The summed E-state index contributed by atoms with van der Waals surface area (Å²) in [6, 6.07) is 0.816. The van der Waals surface area contributed by atoms with Gasteiger partial charge in [-0.15, -0.1) is 0 Å². The van der Waals surface area contributed by atoms with E-state index in [1.54, 1.807) is 0 Å². The van der Waals surface area contributed by atoms with Crippen LogP contribution >= 0.6 is 15.9 Å². The summed E-state index contributed by atoms with van der Waals surface area (Å²) in [7, 11) is 0. The number of alkyl halides is 3. The first-order valence-electron chi connectivity index (χ1n) is 4.49. The highest BCUT2D eigenvalue weighted by atomic mass is 79.9. The van der Waals surface area contributed by atoms with Gasteiger partial charge in [-0.25, -0.2) is 0 Å². The Morgan fingerprint density at radius 1 is 1.59 bits per heavy atom. The van der Waals surface area contributed by atoms with Crippen LogP contribution in [0.5, 0.6) is 0 Å². The van der Waals surface area contributed by atoms with E-state index < -0.39 is 17.8 Å². The highest BCUT2D eigenvalue weighted by Gasteiger charge is 2.33. The number of nitrogens with zero attached hydrogens (tertiary/aromatic N) is 2. The maximum atomic E-state index is 12.2. The van der Waals surface area contributed by atoms with Crippen LogP contribution in [0.15, 0.2) is 23.3 Å². The Balaban J connectivity index is 2.55. The molecular formula is C9H9BrF3N3O. The van der Waals surface area contributed by atoms with Crippen molar-refractivity contribution in [2.45, 2.75) is 12.7 Å². The van der Waals surface area contributed by atoms with Crippen molar-refractivity contribution in [2.75, 3.05) is 6.54 Å².